The van der Waals surface area contributed by atoms with Crippen LogP contribution < -0.4 is 9.86 Å². The zero-order valence-electron chi connectivity index (χ0n) is 18.0. The van der Waals surface area contributed by atoms with Gasteiger partial charge in [-0.25, -0.2) is 18.2 Å². The van der Waals surface area contributed by atoms with E-state index in [1.807, 2.05) is 6.92 Å². The van der Waals surface area contributed by atoms with E-state index in [9.17, 15) is 18.0 Å². The molecule has 0 saturated carbocycles. The summed E-state index contributed by atoms with van der Waals surface area (Å²) in [5, 5.41) is 0. The van der Waals surface area contributed by atoms with E-state index in [1.165, 1.54) is 41.8 Å². The highest BCUT2D eigenvalue weighted by atomic mass is 32.2. The van der Waals surface area contributed by atoms with Gasteiger partial charge in [0.05, 0.1) is 21.8 Å². The zero-order valence-corrected chi connectivity index (χ0v) is 18.8. The zero-order chi connectivity index (χ0) is 23.6. The summed E-state index contributed by atoms with van der Waals surface area (Å²) in [4.78, 5) is 29.1. The van der Waals surface area contributed by atoms with Crippen LogP contribution in [0.2, 0.25) is 0 Å². The topological polar surface area (TPSA) is 98.0 Å². The van der Waals surface area contributed by atoms with Gasteiger partial charge in [0.25, 0.3) is 15.6 Å². The Bertz CT molecular complexity index is 1480. The van der Waals surface area contributed by atoms with E-state index < -0.39 is 16.0 Å². The molecule has 2 aromatic carbocycles. The normalized spacial score (nSPS) is 11.3. The number of sulfonamides is 1. The summed E-state index contributed by atoms with van der Waals surface area (Å²) in [6.07, 6.45) is 1.61. The number of ether oxygens (including phenoxy) is 1. The number of esters is 1. The van der Waals surface area contributed by atoms with Gasteiger partial charge in [-0.2, -0.15) is 0 Å². The molecular formula is C24H21N3O5S. The summed E-state index contributed by atoms with van der Waals surface area (Å²) in [5.41, 5.74) is 2.13. The van der Waals surface area contributed by atoms with Crippen molar-refractivity contribution >= 4 is 27.3 Å². The maximum absolute atomic E-state index is 12.8. The first-order valence-electron chi connectivity index (χ1n) is 10.1. The van der Waals surface area contributed by atoms with Gasteiger partial charge in [-0.1, -0.05) is 23.8 Å². The standard InChI is InChI=1S/C24H21N3O5S/c1-17-6-12-21(13-7-17)33(30,31)26(2)20-10-8-18(9-11-20)24(29)32-16-19-15-23(28)27-14-4-3-5-22(27)25-19/h3-15H,16H2,1-2H3. The van der Waals surface area contributed by atoms with E-state index in [0.717, 1.165) is 9.87 Å². The number of nitrogens with zero attached hydrogens (tertiary/aromatic N) is 3. The number of aryl methyl sites for hydroxylation is 1. The fraction of sp³-hybridized carbons (Fsp3) is 0.125. The van der Waals surface area contributed by atoms with Gasteiger partial charge in [-0.05, 0) is 55.5 Å². The van der Waals surface area contributed by atoms with Crippen LogP contribution in [0, 0.1) is 6.92 Å². The third-order valence-corrected chi connectivity index (χ3v) is 6.92. The lowest BCUT2D eigenvalue weighted by Gasteiger charge is -2.19. The molecule has 0 bridgehead atoms. The fourth-order valence-corrected chi connectivity index (χ4v) is 4.41. The molecule has 0 saturated heterocycles. The lowest BCUT2D eigenvalue weighted by atomic mass is 10.2. The number of anilines is 1. The SMILES string of the molecule is Cc1ccc(S(=O)(=O)N(C)c2ccc(C(=O)OCc3cc(=O)n4ccccc4n3)cc2)cc1. The molecule has 8 nitrogen and oxygen atoms in total. The third kappa shape index (κ3) is 4.63. The number of rotatable bonds is 6. The number of aromatic nitrogens is 2. The van der Waals surface area contributed by atoms with Crippen LogP contribution in [0.25, 0.3) is 5.65 Å². The van der Waals surface area contributed by atoms with Crippen LogP contribution in [0.15, 0.2) is 88.7 Å². The molecule has 2 heterocycles. The van der Waals surface area contributed by atoms with Gasteiger partial charge in [0, 0.05) is 19.3 Å². The second-order valence-corrected chi connectivity index (χ2v) is 9.39. The predicted octanol–water partition coefficient (Wildman–Crippen LogP) is 3.19. The largest absolute Gasteiger partial charge is 0.456 e. The van der Waals surface area contributed by atoms with Gasteiger partial charge in [0.15, 0.2) is 0 Å². The first-order chi connectivity index (χ1) is 15.8. The Morgan fingerprint density at radius 2 is 1.73 bits per heavy atom. The maximum atomic E-state index is 12.8. The van der Waals surface area contributed by atoms with Crippen molar-refractivity contribution in [3.05, 3.63) is 106 Å². The Hall–Kier alpha value is -3.98. The van der Waals surface area contributed by atoms with Gasteiger partial charge in [0.2, 0.25) is 0 Å². The number of hydrogen-bond acceptors (Lipinski definition) is 6. The van der Waals surface area contributed by atoms with E-state index in [4.69, 9.17) is 4.74 Å². The molecule has 0 spiro atoms. The summed E-state index contributed by atoms with van der Waals surface area (Å²) in [6.45, 7) is 1.72. The molecule has 0 N–H and O–H groups in total. The fourth-order valence-electron chi connectivity index (χ4n) is 3.21. The summed E-state index contributed by atoms with van der Waals surface area (Å²) in [7, 11) is -2.28. The predicted molar refractivity (Wildman–Crippen MR) is 124 cm³/mol. The number of hydrogen-bond donors (Lipinski definition) is 0. The van der Waals surface area contributed by atoms with Crippen molar-refractivity contribution < 1.29 is 17.9 Å². The molecule has 0 aliphatic rings. The number of benzene rings is 2. The van der Waals surface area contributed by atoms with E-state index >= 15 is 0 Å². The van der Waals surface area contributed by atoms with E-state index in [2.05, 4.69) is 4.98 Å². The average Bonchev–Trinajstić information content (AvgIpc) is 2.82. The van der Waals surface area contributed by atoms with E-state index in [1.54, 1.807) is 48.7 Å². The van der Waals surface area contributed by atoms with Crippen molar-refractivity contribution in [3.8, 4) is 0 Å². The van der Waals surface area contributed by atoms with Crippen LogP contribution in [0.4, 0.5) is 5.69 Å². The molecular weight excluding hydrogens is 442 g/mol. The second-order valence-electron chi connectivity index (χ2n) is 7.42. The molecule has 4 rings (SSSR count). The lowest BCUT2D eigenvalue weighted by molar-refractivity contribution is 0.0467. The molecule has 2 aromatic heterocycles. The minimum absolute atomic E-state index is 0.164. The first-order valence-corrected chi connectivity index (χ1v) is 11.5. The van der Waals surface area contributed by atoms with Crippen LogP contribution in [0.1, 0.15) is 21.6 Å². The quantitative estimate of drug-likeness (QED) is 0.408. The van der Waals surface area contributed by atoms with Gasteiger partial charge in [0.1, 0.15) is 12.3 Å². The summed E-state index contributed by atoms with van der Waals surface area (Å²) >= 11 is 0. The molecule has 0 amide bonds. The summed E-state index contributed by atoms with van der Waals surface area (Å²) < 4.78 is 33.5. The Kier molecular flexibility index (Phi) is 5.97. The highest BCUT2D eigenvalue weighted by Crippen LogP contribution is 2.23. The molecule has 0 aliphatic heterocycles. The molecule has 0 atom stereocenters. The molecule has 168 valence electrons. The van der Waals surface area contributed by atoms with Crippen LogP contribution in [0.5, 0.6) is 0 Å². The molecule has 9 heteroatoms. The number of pyridine rings is 1. The van der Waals surface area contributed by atoms with Crippen molar-refractivity contribution in [2.75, 3.05) is 11.4 Å². The average molecular weight is 464 g/mol. The highest BCUT2D eigenvalue weighted by Gasteiger charge is 2.21. The maximum Gasteiger partial charge on any atom is 0.338 e. The number of carbonyl (C=O) groups excluding carboxylic acids is 1. The molecule has 0 unspecified atom stereocenters. The number of fused-ring (bicyclic) bond motifs is 1. The van der Waals surface area contributed by atoms with Crippen molar-refractivity contribution in [1.29, 1.82) is 0 Å². The van der Waals surface area contributed by atoms with E-state index in [0.29, 0.717) is 17.0 Å². The van der Waals surface area contributed by atoms with Crippen LogP contribution in [0.3, 0.4) is 0 Å². The molecule has 0 radical (unpaired) electrons. The molecule has 33 heavy (non-hydrogen) atoms. The molecule has 0 fully saturated rings. The van der Waals surface area contributed by atoms with Crippen LogP contribution in [-0.4, -0.2) is 30.8 Å². The van der Waals surface area contributed by atoms with Crippen molar-refractivity contribution in [2.45, 2.75) is 18.4 Å². The Labute approximate surface area is 190 Å². The summed E-state index contributed by atoms with van der Waals surface area (Å²) in [5.74, 6) is -0.611. The second kappa shape index (κ2) is 8.87. The van der Waals surface area contributed by atoms with Gasteiger partial charge < -0.3 is 4.74 Å². The van der Waals surface area contributed by atoms with Gasteiger partial charge in [-0.3, -0.25) is 13.5 Å². The highest BCUT2D eigenvalue weighted by molar-refractivity contribution is 7.92. The summed E-state index contributed by atoms with van der Waals surface area (Å²) in [6, 6.07) is 19.1. The van der Waals surface area contributed by atoms with Crippen LogP contribution in [-0.2, 0) is 21.4 Å². The molecule has 0 aliphatic carbocycles. The Morgan fingerprint density at radius 3 is 2.42 bits per heavy atom. The van der Waals surface area contributed by atoms with Crippen molar-refractivity contribution in [3.63, 3.8) is 0 Å². The van der Waals surface area contributed by atoms with E-state index in [-0.39, 0.29) is 22.6 Å². The lowest BCUT2D eigenvalue weighted by Crippen LogP contribution is -2.26. The minimum Gasteiger partial charge on any atom is -0.456 e. The smallest absolute Gasteiger partial charge is 0.338 e. The Morgan fingerprint density at radius 1 is 1.03 bits per heavy atom. The van der Waals surface area contributed by atoms with Gasteiger partial charge >= 0.3 is 5.97 Å². The van der Waals surface area contributed by atoms with Crippen LogP contribution >= 0.6 is 0 Å². The first kappa shape index (κ1) is 22.2. The number of carbonyl (C=O) groups is 1. The van der Waals surface area contributed by atoms with Gasteiger partial charge in [-0.15, -0.1) is 0 Å². The molecule has 4 aromatic rings. The third-order valence-electron chi connectivity index (χ3n) is 5.12. The Balaban J connectivity index is 1.46. The van der Waals surface area contributed by atoms with Crippen molar-refractivity contribution in [2.24, 2.45) is 0 Å². The van der Waals surface area contributed by atoms with Crippen molar-refractivity contribution in [1.82, 2.24) is 9.38 Å². The monoisotopic (exact) mass is 463 g/mol. The minimum atomic E-state index is -3.73.